The van der Waals surface area contributed by atoms with E-state index in [-0.39, 0.29) is 5.91 Å². The average Bonchev–Trinajstić information content (AvgIpc) is 2.49. The summed E-state index contributed by atoms with van der Waals surface area (Å²) in [7, 11) is 4.57. The number of carbonyl (C=O) groups is 1. The SMILES string of the molecule is CCCCCNC(=O)c1ccc(OC)c(OC)c1OC. The van der Waals surface area contributed by atoms with Crippen LogP contribution in [0.25, 0.3) is 0 Å². The minimum atomic E-state index is -0.168. The molecule has 1 amide bonds. The van der Waals surface area contributed by atoms with Crippen LogP contribution in [0.5, 0.6) is 17.2 Å². The molecule has 0 radical (unpaired) electrons. The van der Waals surface area contributed by atoms with E-state index in [0.717, 1.165) is 19.3 Å². The molecule has 0 aliphatic heterocycles. The van der Waals surface area contributed by atoms with Crippen LogP contribution in [0.3, 0.4) is 0 Å². The molecular weight excluding hydrogens is 258 g/mol. The Hall–Kier alpha value is -1.91. The predicted octanol–water partition coefficient (Wildman–Crippen LogP) is 2.63. The largest absolute Gasteiger partial charge is 0.493 e. The van der Waals surface area contributed by atoms with Gasteiger partial charge in [-0.2, -0.15) is 0 Å². The molecule has 112 valence electrons. The van der Waals surface area contributed by atoms with Crippen molar-refractivity contribution in [3.8, 4) is 17.2 Å². The highest BCUT2D eigenvalue weighted by Gasteiger charge is 2.20. The zero-order valence-electron chi connectivity index (χ0n) is 12.6. The van der Waals surface area contributed by atoms with Gasteiger partial charge in [0, 0.05) is 6.54 Å². The molecule has 1 aromatic rings. The summed E-state index contributed by atoms with van der Waals surface area (Å²) >= 11 is 0. The lowest BCUT2D eigenvalue weighted by Gasteiger charge is -2.15. The molecule has 0 fully saturated rings. The number of methoxy groups -OCH3 is 3. The van der Waals surface area contributed by atoms with Gasteiger partial charge in [0.05, 0.1) is 26.9 Å². The molecule has 0 heterocycles. The predicted molar refractivity (Wildman–Crippen MR) is 78.0 cm³/mol. The molecule has 1 rings (SSSR count). The lowest BCUT2D eigenvalue weighted by Crippen LogP contribution is -2.25. The number of rotatable bonds is 8. The van der Waals surface area contributed by atoms with Crippen molar-refractivity contribution in [3.63, 3.8) is 0 Å². The van der Waals surface area contributed by atoms with Crippen LogP contribution >= 0.6 is 0 Å². The van der Waals surface area contributed by atoms with Crippen LogP contribution in [0.15, 0.2) is 12.1 Å². The van der Waals surface area contributed by atoms with Crippen LogP contribution < -0.4 is 19.5 Å². The van der Waals surface area contributed by atoms with Crippen LogP contribution in [0.2, 0.25) is 0 Å². The van der Waals surface area contributed by atoms with Crippen LogP contribution in [0, 0.1) is 0 Å². The summed E-state index contributed by atoms with van der Waals surface area (Å²) in [5.41, 5.74) is 0.446. The second-order valence-corrected chi connectivity index (χ2v) is 4.34. The summed E-state index contributed by atoms with van der Waals surface area (Å²) in [5.74, 6) is 1.18. The van der Waals surface area contributed by atoms with Gasteiger partial charge in [-0.25, -0.2) is 0 Å². The maximum Gasteiger partial charge on any atom is 0.255 e. The third kappa shape index (κ3) is 3.79. The number of amides is 1. The number of carbonyl (C=O) groups excluding carboxylic acids is 1. The average molecular weight is 281 g/mol. The van der Waals surface area contributed by atoms with Gasteiger partial charge in [-0.1, -0.05) is 19.8 Å². The molecule has 0 saturated heterocycles. The van der Waals surface area contributed by atoms with Crippen molar-refractivity contribution in [2.24, 2.45) is 0 Å². The Bertz CT molecular complexity index is 446. The Labute approximate surface area is 120 Å². The second-order valence-electron chi connectivity index (χ2n) is 4.34. The summed E-state index contributed by atoms with van der Waals surface area (Å²) < 4.78 is 15.7. The number of unbranched alkanes of at least 4 members (excludes halogenated alkanes) is 2. The number of nitrogens with one attached hydrogen (secondary N) is 1. The lowest BCUT2D eigenvalue weighted by molar-refractivity contribution is 0.0949. The minimum Gasteiger partial charge on any atom is -0.493 e. The fourth-order valence-electron chi connectivity index (χ4n) is 1.95. The summed E-state index contributed by atoms with van der Waals surface area (Å²) in [6.07, 6.45) is 3.19. The number of ether oxygens (including phenoxy) is 3. The molecule has 0 aliphatic carbocycles. The lowest BCUT2D eigenvalue weighted by atomic mass is 10.1. The molecule has 5 heteroatoms. The molecule has 0 unspecified atom stereocenters. The van der Waals surface area contributed by atoms with E-state index in [4.69, 9.17) is 14.2 Å². The van der Waals surface area contributed by atoms with Gasteiger partial charge in [-0.3, -0.25) is 4.79 Å². The van der Waals surface area contributed by atoms with Gasteiger partial charge in [0.25, 0.3) is 5.91 Å². The van der Waals surface area contributed by atoms with Gasteiger partial charge in [-0.15, -0.1) is 0 Å². The zero-order chi connectivity index (χ0) is 15.0. The minimum absolute atomic E-state index is 0.168. The van der Waals surface area contributed by atoms with Crippen molar-refractivity contribution in [1.29, 1.82) is 0 Å². The summed E-state index contributed by atoms with van der Waals surface area (Å²) in [5, 5.41) is 2.88. The maximum absolute atomic E-state index is 12.2. The van der Waals surface area contributed by atoms with Crippen molar-refractivity contribution in [2.75, 3.05) is 27.9 Å². The van der Waals surface area contributed by atoms with Gasteiger partial charge in [0.2, 0.25) is 5.75 Å². The first-order chi connectivity index (χ1) is 9.69. The first-order valence-electron chi connectivity index (χ1n) is 6.76. The van der Waals surface area contributed by atoms with Crippen molar-refractivity contribution in [3.05, 3.63) is 17.7 Å². The smallest absolute Gasteiger partial charge is 0.255 e. The fourth-order valence-corrected chi connectivity index (χ4v) is 1.95. The Kier molecular flexibility index (Phi) is 6.70. The van der Waals surface area contributed by atoms with Crippen molar-refractivity contribution in [1.82, 2.24) is 5.32 Å². The molecule has 20 heavy (non-hydrogen) atoms. The summed E-state index contributed by atoms with van der Waals surface area (Å²) in [6, 6.07) is 3.37. The highest BCUT2D eigenvalue weighted by Crippen LogP contribution is 2.39. The zero-order valence-corrected chi connectivity index (χ0v) is 12.6. The highest BCUT2D eigenvalue weighted by molar-refractivity contribution is 5.98. The van der Waals surface area contributed by atoms with E-state index in [9.17, 15) is 4.79 Å². The molecule has 0 spiro atoms. The maximum atomic E-state index is 12.2. The molecule has 5 nitrogen and oxygen atoms in total. The Morgan fingerprint density at radius 1 is 1.05 bits per heavy atom. The van der Waals surface area contributed by atoms with Crippen LogP contribution in [-0.4, -0.2) is 33.8 Å². The molecule has 0 saturated carbocycles. The van der Waals surface area contributed by atoms with Crippen LogP contribution in [0.4, 0.5) is 0 Å². The van der Waals surface area contributed by atoms with Crippen molar-refractivity contribution in [2.45, 2.75) is 26.2 Å². The number of hydrogen-bond acceptors (Lipinski definition) is 4. The van der Waals surface area contributed by atoms with E-state index in [1.165, 1.54) is 14.2 Å². The van der Waals surface area contributed by atoms with Crippen molar-refractivity contribution >= 4 is 5.91 Å². The van der Waals surface area contributed by atoms with Crippen LogP contribution in [-0.2, 0) is 0 Å². The van der Waals surface area contributed by atoms with Gasteiger partial charge in [0.1, 0.15) is 0 Å². The fraction of sp³-hybridized carbons (Fsp3) is 0.533. The number of hydrogen-bond donors (Lipinski definition) is 1. The molecular formula is C15H23NO4. The normalized spacial score (nSPS) is 10.0. The second kappa shape index (κ2) is 8.30. The highest BCUT2D eigenvalue weighted by atomic mass is 16.5. The first-order valence-corrected chi connectivity index (χ1v) is 6.76. The third-order valence-electron chi connectivity index (χ3n) is 3.01. The van der Waals surface area contributed by atoms with E-state index in [1.807, 2.05) is 0 Å². The summed E-state index contributed by atoms with van der Waals surface area (Å²) in [6.45, 7) is 2.78. The van der Waals surface area contributed by atoms with Crippen molar-refractivity contribution < 1.29 is 19.0 Å². The molecule has 0 aromatic heterocycles. The molecule has 0 atom stereocenters. The van der Waals surface area contributed by atoms with E-state index in [0.29, 0.717) is 29.4 Å². The Balaban J connectivity index is 2.91. The van der Waals surface area contributed by atoms with Gasteiger partial charge < -0.3 is 19.5 Å². The van der Waals surface area contributed by atoms with E-state index >= 15 is 0 Å². The van der Waals surface area contributed by atoms with Gasteiger partial charge in [0.15, 0.2) is 11.5 Å². The number of benzene rings is 1. The van der Waals surface area contributed by atoms with Crippen LogP contribution in [0.1, 0.15) is 36.5 Å². The topological polar surface area (TPSA) is 56.8 Å². The van der Waals surface area contributed by atoms with E-state index < -0.39 is 0 Å². The van der Waals surface area contributed by atoms with Gasteiger partial charge in [-0.05, 0) is 18.6 Å². The van der Waals surface area contributed by atoms with E-state index in [2.05, 4.69) is 12.2 Å². The summed E-state index contributed by atoms with van der Waals surface area (Å²) in [4.78, 5) is 12.2. The molecule has 1 aromatic carbocycles. The molecule has 1 N–H and O–H groups in total. The quantitative estimate of drug-likeness (QED) is 0.744. The monoisotopic (exact) mass is 281 g/mol. The molecule has 0 bridgehead atoms. The molecule has 0 aliphatic rings. The van der Waals surface area contributed by atoms with E-state index in [1.54, 1.807) is 19.2 Å². The first kappa shape index (κ1) is 16.1. The third-order valence-corrected chi connectivity index (χ3v) is 3.01. The Morgan fingerprint density at radius 3 is 2.30 bits per heavy atom. The Morgan fingerprint density at radius 2 is 1.75 bits per heavy atom. The van der Waals surface area contributed by atoms with Gasteiger partial charge >= 0.3 is 0 Å². The standard InChI is InChI=1S/C15H23NO4/c1-5-6-7-10-16-15(17)11-8-9-12(18-2)14(20-4)13(11)19-3/h8-9H,5-7,10H2,1-4H3,(H,16,17).